The van der Waals surface area contributed by atoms with E-state index in [1.54, 1.807) is 0 Å². The molecular formula is C24H25FeO2Si. The van der Waals surface area contributed by atoms with E-state index >= 15 is 0 Å². The Morgan fingerprint density at radius 3 is 1.68 bits per heavy atom. The molecule has 0 N–H and O–H groups in total. The van der Waals surface area contributed by atoms with Crippen LogP contribution in [0.5, 0.6) is 0 Å². The third kappa shape index (κ3) is 8.02. The van der Waals surface area contributed by atoms with E-state index in [1.165, 1.54) is 53.3 Å². The molecule has 1 radical (unpaired) electrons. The molecule has 145 valence electrons. The Labute approximate surface area is 180 Å². The largest absolute Gasteiger partial charge is 0 e. The van der Waals surface area contributed by atoms with Gasteiger partial charge in [0.15, 0.2) is 0 Å². The summed E-state index contributed by atoms with van der Waals surface area (Å²) in [4.78, 5) is 0. The Bertz CT molecular complexity index is 808. The fraction of sp³-hybridized carbons (Fsp3) is 0.250. The van der Waals surface area contributed by atoms with Crippen molar-refractivity contribution in [2.75, 3.05) is 0 Å². The van der Waals surface area contributed by atoms with Crippen LogP contribution in [0.15, 0.2) is 72.8 Å². The fourth-order valence-electron chi connectivity index (χ4n) is 3.28. The standard InChI is InChI=1S/C17H15Si.C5H10.2CO.Fe/c1-18(15-10-3-2-4-11-15)17-13-7-9-14-8-5-6-12-16(14)17;1-2-4-5-3-1;2*1-2;/h2-13H,1H3;1-5H2;;;. The van der Waals surface area contributed by atoms with Gasteiger partial charge in [-0.2, -0.15) is 0 Å². The summed E-state index contributed by atoms with van der Waals surface area (Å²) >= 11 is 0. The summed E-state index contributed by atoms with van der Waals surface area (Å²) in [6.45, 7) is 11.4. The van der Waals surface area contributed by atoms with Crippen molar-refractivity contribution in [2.24, 2.45) is 0 Å². The normalized spacial score (nSPS) is 11.5. The predicted octanol–water partition coefficient (Wildman–Crippen LogP) is 4.95. The van der Waals surface area contributed by atoms with Gasteiger partial charge in [0.1, 0.15) is 8.80 Å². The molecule has 0 aliphatic heterocycles. The van der Waals surface area contributed by atoms with Crippen LogP contribution in [0.1, 0.15) is 32.1 Å². The van der Waals surface area contributed by atoms with Crippen LogP contribution in [0.3, 0.4) is 0 Å². The quantitative estimate of drug-likeness (QED) is 0.314. The van der Waals surface area contributed by atoms with E-state index in [2.05, 4.69) is 92.6 Å². The minimum absolute atomic E-state index is 0. The van der Waals surface area contributed by atoms with Gasteiger partial charge in [-0.3, -0.25) is 0 Å². The topological polar surface area (TPSA) is 39.8 Å². The zero-order valence-corrected chi connectivity index (χ0v) is 18.2. The summed E-state index contributed by atoms with van der Waals surface area (Å²) in [6.07, 6.45) is 7.50. The van der Waals surface area contributed by atoms with Crippen LogP contribution in [-0.2, 0) is 26.4 Å². The maximum atomic E-state index is 7.50. The molecule has 1 saturated carbocycles. The van der Waals surface area contributed by atoms with Crippen molar-refractivity contribution in [2.45, 2.75) is 38.7 Å². The molecule has 3 aromatic rings. The second kappa shape index (κ2) is 16.1. The number of fused-ring (bicyclic) bond motifs is 1. The van der Waals surface area contributed by atoms with Crippen LogP contribution >= 0.6 is 0 Å². The van der Waals surface area contributed by atoms with E-state index in [9.17, 15) is 0 Å². The van der Waals surface area contributed by atoms with Crippen LogP contribution in [0, 0.1) is 13.3 Å². The number of rotatable bonds is 2. The van der Waals surface area contributed by atoms with Gasteiger partial charge in [0.05, 0.1) is 0 Å². The van der Waals surface area contributed by atoms with Crippen molar-refractivity contribution in [3.05, 3.63) is 86.1 Å². The number of hydrogen-bond donors (Lipinski definition) is 0. The van der Waals surface area contributed by atoms with Gasteiger partial charge in [-0.25, -0.2) is 0 Å². The monoisotopic (exact) mass is 429 g/mol. The average Bonchev–Trinajstić information content (AvgIpc) is 3.37. The summed E-state index contributed by atoms with van der Waals surface area (Å²) in [5.41, 5.74) is 0. The molecule has 28 heavy (non-hydrogen) atoms. The molecule has 4 rings (SSSR count). The van der Waals surface area contributed by atoms with Crippen molar-refractivity contribution in [3.8, 4) is 0 Å². The number of benzene rings is 3. The molecule has 0 bridgehead atoms. The first-order valence-corrected chi connectivity index (χ1v) is 11.1. The maximum absolute atomic E-state index is 7.50. The van der Waals surface area contributed by atoms with E-state index in [0.29, 0.717) is 0 Å². The molecule has 3 aromatic carbocycles. The van der Waals surface area contributed by atoms with Gasteiger partial charge < -0.3 is 0 Å². The molecular weight excluding hydrogens is 404 g/mol. The zero-order valence-electron chi connectivity index (χ0n) is 16.1. The third-order valence-corrected chi connectivity index (χ3v) is 7.09. The molecule has 4 heteroatoms. The first-order chi connectivity index (χ1) is 13.4. The third-order valence-electron chi connectivity index (χ3n) is 4.65. The first kappa shape index (κ1) is 26.1. The van der Waals surface area contributed by atoms with E-state index in [4.69, 9.17) is 9.30 Å². The summed E-state index contributed by atoms with van der Waals surface area (Å²) in [5, 5.41) is 5.72. The SMILES string of the molecule is C1CCCC1.C[Si](c1ccccc1)c1cccc2ccccc12.[C-]#[O+].[C-]#[O+].[Fe]. The van der Waals surface area contributed by atoms with Gasteiger partial charge in [-0.05, 0) is 16.0 Å². The molecule has 0 atom stereocenters. The molecule has 1 aliphatic rings. The van der Waals surface area contributed by atoms with E-state index < -0.39 is 8.80 Å². The molecule has 0 amide bonds. The zero-order chi connectivity index (χ0) is 19.9. The van der Waals surface area contributed by atoms with Gasteiger partial charge >= 0.3 is 22.6 Å². The van der Waals surface area contributed by atoms with Crippen molar-refractivity contribution in [3.63, 3.8) is 0 Å². The van der Waals surface area contributed by atoms with Gasteiger partial charge in [0.2, 0.25) is 0 Å². The van der Waals surface area contributed by atoms with Gasteiger partial charge in [0, 0.05) is 17.1 Å². The molecule has 0 heterocycles. The molecule has 0 aromatic heterocycles. The smallest absolute Gasteiger partial charge is 0 e. The van der Waals surface area contributed by atoms with Crippen LogP contribution in [-0.4, -0.2) is 8.80 Å². The Balaban J connectivity index is 0.000000619. The van der Waals surface area contributed by atoms with E-state index in [1.807, 2.05) is 0 Å². The molecule has 1 aliphatic carbocycles. The molecule has 1 fully saturated rings. The van der Waals surface area contributed by atoms with Crippen molar-refractivity contribution < 1.29 is 26.4 Å². The van der Waals surface area contributed by atoms with Crippen LogP contribution in [0.25, 0.3) is 10.8 Å². The van der Waals surface area contributed by atoms with Crippen molar-refractivity contribution in [1.29, 1.82) is 0 Å². The molecule has 0 spiro atoms. The second-order valence-electron chi connectivity index (χ2n) is 6.29. The van der Waals surface area contributed by atoms with Gasteiger partial charge in [0.25, 0.3) is 0 Å². The van der Waals surface area contributed by atoms with E-state index in [-0.39, 0.29) is 17.1 Å². The Morgan fingerprint density at radius 1 is 0.643 bits per heavy atom. The molecule has 2 nitrogen and oxygen atoms in total. The van der Waals surface area contributed by atoms with Gasteiger partial charge in [-0.1, -0.05) is 117 Å². The summed E-state index contributed by atoms with van der Waals surface area (Å²) in [7, 11) is -0.670. The van der Waals surface area contributed by atoms with Gasteiger partial charge in [-0.15, -0.1) is 0 Å². The van der Waals surface area contributed by atoms with Crippen LogP contribution < -0.4 is 10.4 Å². The summed E-state index contributed by atoms with van der Waals surface area (Å²) < 4.78 is 15.0. The average molecular weight is 429 g/mol. The predicted molar refractivity (Wildman–Crippen MR) is 112 cm³/mol. The first-order valence-electron chi connectivity index (χ1n) is 9.14. The molecule has 0 saturated heterocycles. The van der Waals surface area contributed by atoms with Crippen molar-refractivity contribution >= 4 is 29.9 Å². The Kier molecular flexibility index (Phi) is 15.1. The summed E-state index contributed by atoms with van der Waals surface area (Å²) in [6, 6.07) is 26.2. The second-order valence-corrected chi connectivity index (χ2v) is 8.65. The van der Waals surface area contributed by atoms with E-state index in [0.717, 1.165) is 0 Å². The minimum Gasteiger partial charge on any atom is 0 e. The minimum atomic E-state index is -0.670. The molecule has 0 unspecified atom stereocenters. The van der Waals surface area contributed by atoms with Crippen LogP contribution in [0.4, 0.5) is 0 Å². The number of hydrogen-bond acceptors (Lipinski definition) is 0. The summed E-state index contributed by atoms with van der Waals surface area (Å²) in [5.74, 6) is 0. The van der Waals surface area contributed by atoms with Crippen LogP contribution in [0.2, 0.25) is 6.55 Å². The maximum Gasteiger partial charge on any atom is 0 e. The Morgan fingerprint density at radius 2 is 1.11 bits per heavy atom. The Hall–Kier alpha value is -1.86. The fourth-order valence-corrected chi connectivity index (χ4v) is 5.26. The van der Waals surface area contributed by atoms with Crippen molar-refractivity contribution in [1.82, 2.24) is 0 Å².